The van der Waals surface area contributed by atoms with Crippen molar-refractivity contribution in [3.8, 4) is 11.5 Å². The third-order valence-corrected chi connectivity index (χ3v) is 5.12. The summed E-state index contributed by atoms with van der Waals surface area (Å²) in [6.45, 7) is 0. The van der Waals surface area contributed by atoms with Crippen LogP contribution in [-0.2, 0) is 6.42 Å². The van der Waals surface area contributed by atoms with Gasteiger partial charge in [0.15, 0.2) is 5.82 Å². The molecule has 2 N–H and O–H groups in total. The minimum atomic E-state index is -0.278. The van der Waals surface area contributed by atoms with E-state index in [1.165, 1.54) is 24.3 Å². The first-order chi connectivity index (χ1) is 14.7. The number of aryl methyl sites for hydroxylation is 1. The number of fused-ring (bicyclic) bond motifs is 1. The van der Waals surface area contributed by atoms with Gasteiger partial charge in [0.25, 0.3) is 0 Å². The van der Waals surface area contributed by atoms with Gasteiger partial charge >= 0.3 is 0 Å². The zero-order valence-electron chi connectivity index (χ0n) is 16.0. The van der Waals surface area contributed by atoms with Crippen molar-refractivity contribution in [1.82, 2.24) is 20.2 Å². The van der Waals surface area contributed by atoms with Crippen molar-refractivity contribution in [2.24, 2.45) is 0 Å². The van der Waals surface area contributed by atoms with Gasteiger partial charge in [-0.1, -0.05) is 42.5 Å². The number of nitrogens with zero attached hydrogens (tertiary/aromatic N) is 2. The number of H-pyrrole nitrogens is 2. The van der Waals surface area contributed by atoms with Crippen LogP contribution in [0.4, 0.5) is 8.78 Å². The van der Waals surface area contributed by atoms with Crippen LogP contribution in [0.25, 0.3) is 29.2 Å². The van der Waals surface area contributed by atoms with Crippen LogP contribution in [0.1, 0.15) is 34.5 Å². The van der Waals surface area contributed by atoms with E-state index in [1.807, 2.05) is 24.3 Å². The van der Waals surface area contributed by atoms with Crippen LogP contribution in [0.5, 0.6) is 0 Å². The number of aromatic nitrogens is 4. The molecule has 0 bridgehead atoms. The standard InChI is InChI=1S/C24H18F2N4/c25-18-6-1-4-15(12-18)10-11-17-14-27-30-22(17)24-28-21-9-3-8-20(23(21)29-24)16-5-2-7-19(26)13-16/h1-2,4-8,10-14H,3,9H2,(H,27,30)(H,28,29)/b11-10+. The molecule has 0 atom stereocenters. The fourth-order valence-corrected chi connectivity index (χ4v) is 3.71. The summed E-state index contributed by atoms with van der Waals surface area (Å²) in [5.41, 5.74) is 5.92. The number of benzene rings is 2. The summed E-state index contributed by atoms with van der Waals surface area (Å²) in [5.74, 6) is 0.121. The van der Waals surface area contributed by atoms with Gasteiger partial charge in [-0.25, -0.2) is 13.8 Å². The molecule has 6 heteroatoms. The topological polar surface area (TPSA) is 57.4 Å². The van der Waals surface area contributed by atoms with E-state index in [0.29, 0.717) is 5.82 Å². The second-order valence-electron chi connectivity index (χ2n) is 7.17. The van der Waals surface area contributed by atoms with Crippen LogP contribution in [0.2, 0.25) is 0 Å². The largest absolute Gasteiger partial charge is 0.340 e. The number of rotatable bonds is 4. The zero-order chi connectivity index (χ0) is 20.5. The summed E-state index contributed by atoms with van der Waals surface area (Å²) in [4.78, 5) is 8.19. The predicted octanol–water partition coefficient (Wildman–Crippen LogP) is 5.63. The highest BCUT2D eigenvalue weighted by molar-refractivity contribution is 5.82. The molecule has 4 aromatic rings. The van der Waals surface area contributed by atoms with E-state index in [4.69, 9.17) is 4.98 Å². The Hall–Kier alpha value is -3.80. The summed E-state index contributed by atoms with van der Waals surface area (Å²) >= 11 is 0. The average Bonchev–Trinajstić information content (AvgIpc) is 3.38. The fourth-order valence-electron chi connectivity index (χ4n) is 3.71. The molecule has 0 saturated heterocycles. The Morgan fingerprint density at radius 1 is 0.967 bits per heavy atom. The van der Waals surface area contributed by atoms with Gasteiger partial charge in [0.1, 0.15) is 17.3 Å². The Morgan fingerprint density at radius 2 is 1.80 bits per heavy atom. The zero-order valence-corrected chi connectivity index (χ0v) is 16.0. The quantitative estimate of drug-likeness (QED) is 0.467. The third kappa shape index (κ3) is 3.48. The van der Waals surface area contributed by atoms with Crippen molar-refractivity contribution >= 4 is 17.7 Å². The van der Waals surface area contributed by atoms with Crippen molar-refractivity contribution in [2.75, 3.05) is 0 Å². The predicted molar refractivity (Wildman–Crippen MR) is 113 cm³/mol. The first-order valence-electron chi connectivity index (χ1n) is 9.70. The number of hydrogen-bond donors (Lipinski definition) is 2. The van der Waals surface area contributed by atoms with Gasteiger partial charge in [0.05, 0.1) is 11.9 Å². The second-order valence-corrected chi connectivity index (χ2v) is 7.17. The summed E-state index contributed by atoms with van der Waals surface area (Å²) in [6, 6.07) is 13.0. The Kier molecular flexibility index (Phi) is 4.59. The van der Waals surface area contributed by atoms with E-state index in [9.17, 15) is 8.78 Å². The van der Waals surface area contributed by atoms with Gasteiger partial charge in [0, 0.05) is 16.8 Å². The molecule has 2 heterocycles. The third-order valence-electron chi connectivity index (χ3n) is 5.12. The molecule has 2 aromatic carbocycles. The summed E-state index contributed by atoms with van der Waals surface area (Å²) in [6.07, 6.45) is 9.20. The van der Waals surface area contributed by atoms with E-state index < -0.39 is 0 Å². The van der Waals surface area contributed by atoms with Crippen LogP contribution in [0.15, 0.2) is 60.8 Å². The van der Waals surface area contributed by atoms with Crippen LogP contribution < -0.4 is 0 Å². The molecular formula is C24H18F2N4. The number of halogens is 2. The lowest BCUT2D eigenvalue weighted by Crippen LogP contribution is -2.00. The normalized spacial score (nSPS) is 13.5. The molecule has 0 saturated carbocycles. The van der Waals surface area contributed by atoms with Gasteiger partial charge in [-0.15, -0.1) is 0 Å². The monoisotopic (exact) mass is 400 g/mol. The first kappa shape index (κ1) is 18.2. The molecule has 4 nitrogen and oxygen atoms in total. The molecule has 0 radical (unpaired) electrons. The lowest BCUT2D eigenvalue weighted by Gasteiger charge is -2.12. The fraction of sp³-hybridized carbons (Fsp3) is 0.0833. The minimum absolute atomic E-state index is 0.269. The van der Waals surface area contributed by atoms with Gasteiger partial charge in [0.2, 0.25) is 0 Å². The maximum absolute atomic E-state index is 13.7. The minimum Gasteiger partial charge on any atom is -0.340 e. The average molecular weight is 400 g/mol. The smallest absolute Gasteiger partial charge is 0.156 e. The van der Waals surface area contributed by atoms with Crippen LogP contribution >= 0.6 is 0 Å². The van der Waals surface area contributed by atoms with Gasteiger partial charge < -0.3 is 4.98 Å². The number of nitrogens with one attached hydrogen (secondary N) is 2. The van der Waals surface area contributed by atoms with E-state index in [2.05, 4.69) is 21.3 Å². The van der Waals surface area contributed by atoms with Crippen LogP contribution in [0, 0.1) is 11.6 Å². The van der Waals surface area contributed by atoms with Crippen molar-refractivity contribution < 1.29 is 8.78 Å². The van der Waals surface area contributed by atoms with Crippen LogP contribution in [-0.4, -0.2) is 20.2 Å². The van der Waals surface area contributed by atoms with E-state index in [0.717, 1.165) is 52.2 Å². The van der Waals surface area contributed by atoms with Crippen molar-refractivity contribution in [3.63, 3.8) is 0 Å². The highest BCUT2D eigenvalue weighted by Gasteiger charge is 2.21. The Balaban J connectivity index is 1.49. The number of imidazole rings is 1. The molecule has 30 heavy (non-hydrogen) atoms. The van der Waals surface area contributed by atoms with Crippen molar-refractivity contribution in [2.45, 2.75) is 12.8 Å². The molecular weight excluding hydrogens is 382 g/mol. The molecule has 148 valence electrons. The Bertz CT molecular complexity index is 1280. The number of aromatic amines is 2. The molecule has 2 aromatic heterocycles. The Labute approximate surface area is 172 Å². The lowest BCUT2D eigenvalue weighted by atomic mass is 9.94. The number of allylic oxidation sites excluding steroid dienone is 1. The molecule has 0 amide bonds. The summed E-state index contributed by atoms with van der Waals surface area (Å²) < 4.78 is 27.1. The summed E-state index contributed by atoms with van der Waals surface area (Å²) in [7, 11) is 0. The molecule has 5 rings (SSSR count). The van der Waals surface area contributed by atoms with Gasteiger partial charge in [-0.2, -0.15) is 5.10 Å². The van der Waals surface area contributed by atoms with Gasteiger partial charge in [-0.3, -0.25) is 5.10 Å². The molecule has 1 aliphatic carbocycles. The number of hydrogen-bond acceptors (Lipinski definition) is 2. The SMILES string of the molecule is Fc1cccc(/C=C/c2cn[nH]c2-c2nc3c([nH]2)CCC=C3c2cccc(F)c2)c1. The highest BCUT2D eigenvalue weighted by Crippen LogP contribution is 2.33. The Morgan fingerprint density at radius 3 is 2.63 bits per heavy atom. The molecule has 0 fully saturated rings. The second kappa shape index (κ2) is 7.55. The maximum atomic E-state index is 13.7. The first-order valence-corrected chi connectivity index (χ1v) is 9.70. The van der Waals surface area contributed by atoms with E-state index >= 15 is 0 Å². The maximum Gasteiger partial charge on any atom is 0.156 e. The van der Waals surface area contributed by atoms with Crippen molar-refractivity contribution in [1.29, 1.82) is 0 Å². The molecule has 0 spiro atoms. The van der Waals surface area contributed by atoms with Crippen molar-refractivity contribution in [3.05, 3.63) is 101 Å². The molecule has 1 aliphatic rings. The van der Waals surface area contributed by atoms with E-state index in [1.54, 1.807) is 18.3 Å². The van der Waals surface area contributed by atoms with Crippen LogP contribution in [0.3, 0.4) is 0 Å². The highest BCUT2D eigenvalue weighted by atomic mass is 19.1. The molecule has 0 aliphatic heterocycles. The van der Waals surface area contributed by atoms with Gasteiger partial charge in [-0.05, 0) is 48.2 Å². The van der Waals surface area contributed by atoms with E-state index in [-0.39, 0.29) is 11.6 Å². The summed E-state index contributed by atoms with van der Waals surface area (Å²) in [5, 5.41) is 7.14. The molecule has 0 unspecified atom stereocenters. The lowest BCUT2D eigenvalue weighted by molar-refractivity contribution is 0.627.